The first-order valence-electron chi connectivity index (χ1n) is 8.92. The Bertz CT molecular complexity index is 1050. The normalized spacial score (nSPS) is 17.5. The van der Waals surface area contributed by atoms with Gasteiger partial charge in [0.1, 0.15) is 5.58 Å². The quantitative estimate of drug-likeness (QED) is 0.522. The molecule has 0 radical (unpaired) electrons. The molecule has 1 atom stereocenters. The first-order valence-corrected chi connectivity index (χ1v) is 9.86. The molecular formula is C20H17N3O3S. The summed E-state index contributed by atoms with van der Waals surface area (Å²) in [6.45, 7) is 1.26. The van der Waals surface area contributed by atoms with E-state index in [4.69, 9.17) is 8.83 Å². The number of para-hydroxylation sites is 1. The van der Waals surface area contributed by atoms with Crippen molar-refractivity contribution in [2.75, 3.05) is 13.1 Å². The third kappa shape index (κ3) is 3.04. The molecule has 0 N–H and O–H groups in total. The van der Waals surface area contributed by atoms with Crippen molar-refractivity contribution in [2.45, 2.75) is 18.8 Å². The molecule has 0 bridgehead atoms. The molecule has 7 heteroatoms. The van der Waals surface area contributed by atoms with Crippen LogP contribution >= 0.6 is 11.3 Å². The number of carbonyl (C=O) groups is 1. The Morgan fingerprint density at radius 1 is 1.19 bits per heavy atom. The lowest BCUT2D eigenvalue weighted by atomic mass is 9.98. The van der Waals surface area contributed by atoms with Gasteiger partial charge in [0, 0.05) is 29.4 Å². The van der Waals surface area contributed by atoms with Crippen LogP contribution in [0.15, 0.2) is 56.0 Å². The van der Waals surface area contributed by atoms with Crippen LogP contribution in [0.3, 0.4) is 0 Å². The molecule has 1 fully saturated rings. The average molecular weight is 379 g/mol. The van der Waals surface area contributed by atoms with E-state index in [9.17, 15) is 4.79 Å². The van der Waals surface area contributed by atoms with Crippen molar-refractivity contribution in [3.05, 3.63) is 58.8 Å². The number of aromatic nitrogens is 2. The van der Waals surface area contributed by atoms with E-state index >= 15 is 0 Å². The molecule has 27 heavy (non-hydrogen) atoms. The van der Waals surface area contributed by atoms with Gasteiger partial charge in [0.2, 0.25) is 11.8 Å². The van der Waals surface area contributed by atoms with Gasteiger partial charge in [0.05, 0.1) is 5.92 Å². The maximum atomic E-state index is 12.9. The second kappa shape index (κ2) is 6.66. The van der Waals surface area contributed by atoms with Crippen LogP contribution in [0.4, 0.5) is 0 Å². The molecule has 136 valence electrons. The summed E-state index contributed by atoms with van der Waals surface area (Å²) in [6.07, 6.45) is 1.82. The van der Waals surface area contributed by atoms with Crippen LogP contribution in [0.25, 0.3) is 22.4 Å². The fraction of sp³-hybridized carbons (Fsp3) is 0.250. The summed E-state index contributed by atoms with van der Waals surface area (Å²) in [5.41, 5.74) is 1.66. The molecular weight excluding hydrogens is 362 g/mol. The zero-order chi connectivity index (χ0) is 18.2. The smallest absolute Gasteiger partial charge is 0.289 e. The zero-order valence-corrected chi connectivity index (χ0v) is 15.3. The van der Waals surface area contributed by atoms with Crippen LogP contribution < -0.4 is 0 Å². The van der Waals surface area contributed by atoms with Crippen molar-refractivity contribution < 1.29 is 13.6 Å². The summed E-state index contributed by atoms with van der Waals surface area (Å²) in [4.78, 5) is 14.7. The van der Waals surface area contributed by atoms with Gasteiger partial charge in [-0.2, -0.15) is 11.3 Å². The molecule has 4 heterocycles. The van der Waals surface area contributed by atoms with Crippen molar-refractivity contribution in [2.24, 2.45) is 0 Å². The lowest BCUT2D eigenvalue weighted by Gasteiger charge is -2.30. The summed E-state index contributed by atoms with van der Waals surface area (Å²) in [6, 6.07) is 11.4. The summed E-state index contributed by atoms with van der Waals surface area (Å²) in [7, 11) is 0. The first kappa shape index (κ1) is 16.3. The fourth-order valence-electron chi connectivity index (χ4n) is 3.51. The Morgan fingerprint density at radius 2 is 2.11 bits per heavy atom. The number of hydrogen-bond acceptors (Lipinski definition) is 6. The van der Waals surface area contributed by atoms with Crippen LogP contribution in [0.1, 0.15) is 35.2 Å². The van der Waals surface area contributed by atoms with Crippen LogP contribution in [0, 0.1) is 0 Å². The minimum atomic E-state index is -0.0894. The number of nitrogens with zero attached hydrogens (tertiary/aromatic N) is 3. The number of hydrogen-bond donors (Lipinski definition) is 0. The van der Waals surface area contributed by atoms with Crippen molar-refractivity contribution in [3.8, 4) is 11.5 Å². The molecule has 1 aromatic carbocycles. The zero-order valence-electron chi connectivity index (χ0n) is 14.5. The molecule has 0 unspecified atom stereocenters. The predicted octanol–water partition coefficient (Wildman–Crippen LogP) is 4.56. The third-order valence-corrected chi connectivity index (χ3v) is 5.59. The molecule has 3 aromatic heterocycles. The van der Waals surface area contributed by atoms with Crippen LogP contribution in [0.5, 0.6) is 0 Å². The largest absolute Gasteiger partial charge is 0.451 e. The molecule has 0 saturated carbocycles. The third-order valence-electron chi connectivity index (χ3n) is 4.90. The van der Waals surface area contributed by atoms with Crippen molar-refractivity contribution in [1.29, 1.82) is 0 Å². The Labute approximate surface area is 159 Å². The molecule has 1 amide bonds. The fourth-order valence-corrected chi connectivity index (χ4v) is 4.14. The Balaban J connectivity index is 1.35. The molecule has 0 aliphatic carbocycles. The van der Waals surface area contributed by atoms with Gasteiger partial charge in [-0.15, -0.1) is 10.2 Å². The van der Waals surface area contributed by atoms with E-state index in [0.717, 1.165) is 29.4 Å². The van der Waals surface area contributed by atoms with Gasteiger partial charge in [-0.1, -0.05) is 18.2 Å². The molecule has 1 saturated heterocycles. The lowest BCUT2D eigenvalue weighted by Crippen LogP contribution is -2.39. The van der Waals surface area contributed by atoms with E-state index in [0.29, 0.717) is 30.6 Å². The summed E-state index contributed by atoms with van der Waals surface area (Å²) < 4.78 is 11.6. The van der Waals surface area contributed by atoms with E-state index in [2.05, 4.69) is 10.2 Å². The summed E-state index contributed by atoms with van der Waals surface area (Å²) >= 11 is 1.59. The number of fused-ring (bicyclic) bond motifs is 1. The molecule has 4 aromatic rings. The molecule has 6 nitrogen and oxygen atoms in total. The number of benzene rings is 1. The van der Waals surface area contributed by atoms with Crippen molar-refractivity contribution >= 4 is 28.2 Å². The van der Waals surface area contributed by atoms with Crippen LogP contribution in [0.2, 0.25) is 0 Å². The summed E-state index contributed by atoms with van der Waals surface area (Å²) in [5.74, 6) is 1.46. The van der Waals surface area contributed by atoms with Gasteiger partial charge in [0.25, 0.3) is 5.91 Å². The number of thiophene rings is 1. The molecule has 1 aliphatic heterocycles. The van der Waals surface area contributed by atoms with Crippen LogP contribution in [-0.4, -0.2) is 34.1 Å². The second-order valence-electron chi connectivity index (χ2n) is 6.70. The number of furan rings is 1. The van der Waals surface area contributed by atoms with E-state index < -0.39 is 0 Å². The Morgan fingerprint density at radius 3 is 2.96 bits per heavy atom. The topological polar surface area (TPSA) is 72.4 Å². The number of carbonyl (C=O) groups excluding carboxylic acids is 1. The minimum Gasteiger partial charge on any atom is -0.451 e. The maximum Gasteiger partial charge on any atom is 0.289 e. The van der Waals surface area contributed by atoms with Gasteiger partial charge in [0.15, 0.2) is 5.76 Å². The first-order chi connectivity index (χ1) is 13.3. The Kier molecular flexibility index (Phi) is 4.01. The van der Waals surface area contributed by atoms with E-state index in [1.165, 1.54) is 0 Å². The van der Waals surface area contributed by atoms with Gasteiger partial charge in [-0.05, 0) is 36.4 Å². The monoisotopic (exact) mass is 379 g/mol. The minimum absolute atomic E-state index is 0.0481. The van der Waals surface area contributed by atoms with E-state index in [1.54, 1.807) is 11.3 Å². The SMILES string of the molecule is O=C(c1cc2ccccc2o1)N1CCC[C@H](c2nnc(-c3ccsc3)o2)C1. The maximum absolute atomic E-state index is 12.9. The van der Waals surface area contributed by atoms with E-state index in [1.807, 2.05) is 52.1 Å². The average Bonchev–Trinajstić information content (AvgIpc) is 3.47. The molecule has 5 rings (SSSR count). The van der Waals surface area contributed by atoms with Gasteiger partial charge < -0.3 is 13.7 Å². The predicted molar refractivity (Wildman–Crippen MR) is 102 cm³/mol. The highest BCUT2D eigenvalue weighted by molar-refractivity contribution is 7.08. The number of piperidine rings is 1. The Hall–Kier alpha value is -2.93. The number of likely N-dealkylation sites (tertiary alicyclic amines) is 1. The van der Waals surface area contributed by atoms with Gasteiger partial charge in [-0.3, -0.25) is 4.79 Å². The van der Waals surface area contributed by atoms with Crippen LogP contribution in [-0.2, 0) is 0 Å². The second-order valence-corrected chi connectivity index (χ2v) is 7.48. The molecule has 1 aliphatic rings. The highest BCUT2D eigenvalue weighted by Gasteiger charge is 2.30. The number of amides is 1. The van der Waals surface area contributed by atoms with E-state index in [-0.39, 0.29) is 11.8 Å². The lowest BCUT2D eigenvalue weighted by molar-refractivity contribution is 0.0668. The van der Waals surface area contributed by atoms with Crippen molar-refractivity contribution in [1.82, 2.24) is 15.1 Å². The summed E-state index contributed by atoms with van der Waals surface area (Å²) in [5, 5.41) is 13.3. The van der Waals surface area contributed by atoms with Gasteiger partial charge >= 0.3 is 0 Å². The number of rotatable bonds is 3. The molecule has 0 spiro atoms. The standard InChI is InChI=1S/C20H17N3O3S/c24-20(17-10-13-4-1-2-6-16(13)25-17)23-8-3-5-14(11-23)18-21-22-19(26-18)15-7-9-27-12-15/h1-2,4,6-7,9-10,12,14H,3,5,8,11H2/t14-/m0/s1. The van der Waals surface area contributed by atoms with Crippen molar-refractivity contribution in [3.63, 3.8) is 0 Å². The van der Waals surface area contributed by atoms with Gasteiger partial charge in [-0.25, -0.2) is 0 Å². The highest BCUT2D eigenvalue weighted by Crippen LogP contribution is 2.30. The highest BCUT2D eigenvalue weighted by atomic mass is 32.1.